The van der Waals surface area contributed by atoms with Crippen molar-refractivity contribution in [1.29, 1.82) is 0 Å². The fourth-order valence-electron chi connectivity index (χ4n) is 4.27. The summed E-state index contributed by atoms with van der Waals surface area (Å²) in [5.41, 5.74) is 3.88. The number of hydrogen-bond donors (Lipinski definition) is 1. The van der Waals surface area contributed by atoms with Crippen LogP contribution in [0.3, 0.4) is 0 Å². The van der Waals surface area contributed by atoms with Crippen molar-refractivity contribution in [3.8, 4) is 22.9 Å². The molecule has 170 valence electrons. The van der Waals surface area contributed by atoms with Gasteiger partial charge in [-0.15, -0.1) is 0 Å². The second-order valence-electron chi connectivity index (χ2n) is 8.29. The maximum atomic E-state index is 10.8. The molecule has 0 spiro atoms. The van der Waals surface area contributed by atoms with Crippen molar-refractivity contribution in [3.05, 3.63) is 60.6 Å². The monoisotopic (exact) mass is 445 g/mol. The Kier molecular flexibility index (Phi) is 6.46. The molecule has 1 aromatic carbocycles. The molecule has 3 aromatic heterocycles. The number of benzene rings is 1. The minimum Gasteiger partial charge on any atom is -0.464 e. The molecule has 0 radical (unpaired) electrons. The summed E-state index contributed by atoms with van der Waals surface area (Å²) in [5, 5.41) is 8.00. The van der Waals surface area contributed by atoms with Gasteiger partial charge in [-0.2, -0.15) is 5.10 Å². The lowest BCUT2D eigenvalue weighted by molar-refractivity contribution is -0.108. The largest absolute Gasteiger partial charge is 0.464 e. The van der Waals surface area contributed by atoms with Crippen LogP contribution in [0.15, 0.2) is 59.5 Å². The Morgan fingerprint density at radius 1 is 1.09 bits per heavy atom. The molecule has 0 saturated carbocycles. The number of rotatable bonds is 8. The van der Waals surface area contributed by atoms with E-state index in [2.05, 4.69) is 31.0 Å². The third-order valence-corrected chi connectivity index (χ3v) is 6.11. The van der Waals surface area contributed by atoms with Crippen molar-refractivity contribution < 1.29 is 13.9 Å². The van der Waals surface area contributed by atoms with E-state index in [1.807, 2.05) is 36.6 Å². The van der Waals surface area contributed by atoms with Crippen molar-refractivity contribution in [3.63, 3.8) is 0 Å². The topological polar surface area (TPSA) is 87.5 Å². The first-order valence-electron chi connectivity index (χ1n) is 11.3. The zero-order valence-electron chi connectivity index (χ0n) is 18.4. The van der Waals surface area contributed by atoms with Crippen LogP contribution in [0.4, 0.5) is 0 Å². The first kappa shape index (κ1) is 21.4. The highest BCUT2D eigenvalue weighted by atomic mass is 16.5. The summed E-state index contributed by atoms with van der Waals surface area (Å²) >= 11 is 0. The Bertz CT molecular complexity index is 1190. The molecule has 1 aliphatic rings. The number of aromatic amines is 1. The van der Waals surface area contributed by atoms with Crippen LogP contribution in [0.25, 0.3) is 22.2 Å². The number of aldehydes is 1. The molecule has 5 rings (SSSR count). The predicted octanol–water partition coefficient (Wildman–Crippen LogP) is 3.76. The fourth-order valence-corrected chi connectivity index (χ4v) is 4.27. The van der Waals surface area contributed by atoms with Crippen LogP contribution in [0.1, 0.15) is 12.0 Å². The van der Waals surface area contributed by atoms with Gasteiger partial charge in [0.1, 0.15) is 17.6 Å². The number of carbonyl (C=O) groups excluding carboxylic acids is 1. The van der Waals surface area contributed by atoms with E-state index in [0.717, 1.165) is 74.1 Å². The van der Waals surface area contributed by atoms with Gasteiger partial charge in [0.05, 0.1) is 18.5 Å². The van der Waals surface area contributed by atoms with Gasteiger partial charge in [0, 0.05) is 55.1 Å². The summed E-state index contributed by atoms with van der Waals surface area (Å²) < 4.78 is 11.8. The molecule has 1 aliphatic heterocycles. The molecular formula is C25H27N5O3. The molecule has 33 heavy (non-hydrogen) atoms. The minimum atomic E-state index is 0.522. The number of H-pyrrole nitrogens is 1. The summed E-state index contributed by atoms with van der Waals surface area (Å²) in [6, 6.07) is 11.6. The molecule has 1 fully saturated rings. The number of carbonyl (C=O) groups is 1. The molecule has 8 nitrogen and oxygen atoms in total. The van der Waals surface area contributed by atoms with Crippen molar-refractivity contribution in [2.45, 2.75) is 12.8 Å². The smallest absolute Gasteiger partial charge is 0.219 e. The Hall–Kier alpha value is -3.49. The van der Waals surface area contributed by atoms with Crippen molar-refractivity contribution in [2.75, 3.05) is 39.3 Å². The summed E-state index contributed by atoms with van der Waals surface area (Å²) in [4.78, 5) is 19.9. The van der Waals surface area contributed by atoms with E-state index in [0.29, 0.717) is 18.2 Å². The van der Waals surface area contributed by atoms with Crippen LogP contribution in [0, 0.1) is 0 Å². The molecule has 4 aromatic rings. The van der Waals surface area contributed by atoms with Gasteiger partial charge in [-0.3, -0.25) is 10.00 Å². The maximum Gasteiger partial charge on any atom is 0.219 e. The third-order valence-electron chi connectivity index (χ3n) is 6.11. The lowest BCUT2D eigenvalue weighted by Crippen LogP contribution is -2.32. The SMILES string of the molecule is O=CCN1CCCN(CCc2coc3cc(Oc4ccc(-c5ccn[nH]5)cn4)ccc23)CC1. The van der Waals surface area contributed by atoms with Gasteiger partial charge in [0.25, 0.3) is 0 Å². The third kappa shape index (κ3) is 5.13. The second-order valence-corrected chi connectivity index (χ2v) is 8.29. The molecular weight excluding hydrogens is 418 g/mol. The Labute approximate surface area is 192 Å². The lowest BCUT2D eigenvalue weighted by atomic mass is 10.1. The number of ether oxygens (including phenoxy) is 1. The summed E-state index contributed by atoms with van der Waals surface area (Å²) in [6.07, 6.45) is 8.34. The highest BCUT2D eigenvalue weighted by Gasteiger charge is 2.15. The van der Waals surface area contributed by atoms with Crippen LogP contribution >= 0.6 is 0 Å². The van der Waals surface area contributed by atoms with Crippen LogP contribution in [0.5, 0.6) is 11.6 Å². The molecule has 4 heterocycles. The van der Waals surface area contributed by atoms with Gasteiger partial charge in [0.15, 0.2) is 0 Å². The quantitative estimate of drug-likeness (QED) is 0.413. The first-order chi connectivity index (χ1) is 16.3. The summed E-state index contributed by atoms with van der Waals surface area (Å²) in [7, 11) is 0. The van der Waals surface area contributed by atoms with Gasteiger partial charge in [-0.05, 0) is 55.8 Å². The van der Waals surface area contributed by atoms with E-state index in [9.17, 15) is 4.79 Å². The molecule has 8 heteroatoms. The molecule has 0 atom stereocenters. The Morgan fingerprint density at radius 3 is 2.82 bits per heavy atom. The van der Waals surface area contributed by atoms with Gasteiger partial charge in [0.2, 0.25) is 5.88 Å². The van der Waals surface area contributed by atoms with E-state index in [-0.39, 0.29) is 0 Å². The average molecular weight is 446 g/mol. The van der Waals surface area contributed by atoms with Crippen molar-refractivity contribution in [2.24, 2.45) is 0 Å². The number of aromatic nitrogens is 3. The zero-order valence-corrected chi connectivity index (χ0v) is 18.4. The predicted molar refractivity (Wildman–Crippen MR) is 125 cm³/mol. The molecule has 0 aliphatic carbocycles. The standard InChI is InChI=1S/C25H27N5O3/c31-15-14-30-10-1-9-29(12-13-30)11-7-20-18-32-24-16-21(3-4-22(20)24)33-25-5-2-19(17-26-25)23-6-8-27-28-23/h2-6,8,15-18H,1,7,9-14H2,(H,27,28). The molecule has 0 amide bonds. The fraction of sp³-hybridized carbons (Fsp3) is 0.320. The lowest BCUT2D eigenvalue weighted by Gasteiger charge is -2.20. The van der Waals surface area contributed by atoms with E-state index in [1.165, 1.54) is 5.56 Å². The minimum absolute atomic E-state index is 0.522. The molecule has 0 bridgehead atoms. The normalized spacial score (nSPS) is 15.5. The number of pyridine rings is 1. The van der Waals surface area contributed by atoms with Gasteiger partial charge >= 0.3 is 0 Å². The highest BCUT2D eigenvalue weighted by molar-refractivity contribution is 5.82. The van der Waals surface area contributed by atoms with Crippen molar-refractivity contribution >= 4 is 17.3 Å². The number of furan rings is 1. The second kappa shape index (κ2) is 9.97. The maximum absolute atomic E-state index is 10.8. The van der Waals surface area contributed by atoms with Crippen LogP contribution < -0.4 is 4.74 Å². The van der Waals surface area contributed by atoms with Crippen molar-refractivity contribution in [1.82, 2.24) is 25.0 Å². The number of nitrogens with zero attached hydrogens (tertiary/aromatic N) is 4. The summed E-state index contributed by atoms with van der Waals surface area (Å²) in [6.45, 7) is 5.52. The summed E-state index contributed by atoms with van der Waals surface area (Å²) in [5.74, 6) is 1.21. The Morgan fingerprint density at radius 2 is 2.00 bits per heavy atom. The van der Waals surface area contributed by atoms with Gasteiger partial charge in [-0.1, -0.05) is 0 Å². The van der Waals surface area contributed by atoms with Crippen LogP contribution in [-0.2, 0) is 11.2 Å². The van der Waals surface area contributed by atoms with Crippen LogP contribution in [0.2, 0.25) is 0 Å². The molecule has 0 unspecified atom stereocenters. The van der Waals surface area contributed by atoms with Gasteiger partial charge in [-0.25, -0.2) is 4.98 Å². The average Bonchev–Trinajstić information content (AvgIpc) is 3.46. The van der Waals surface area contributed by atoms with E-state index < -0.39 is 0 Å². The number of nitrogens with one attached hydrogen (secondary N) is 1. The Balaban J connectivity index is 1.20. The zero-order chi connectivity index (χ0) is 22.5. The van der Waals surface area contributed by atoms with E-state index in [1.54, 1.807) is 12.4 Å². The van der Waals surface area contributed by atoms with E-state index >= 15 is 0 Å². The van der Waals surface area contributed by atoms with Gasteiger partial charge < -0.3 is 18.8 Å². The number of fused-ring (bicyclic) bond motifs is 1. The van der Waals surface area contributed by atoms with E-state index in [4.69, 9.17) is 9.15 Å². The highest BCUT2D eigenvalue weighted by Crippen LogP contribution is 2.29. The number of hydrogen-bond acceptors (Lipinski definition) is 7. The molecule has 1 saturated heterocycles. The molecule has 1 N–H and O–H groups in total. The first-order valence-corrected chi connectivity index (χ1v) is 11.3. The van der Waals surface area contributed by atoms with Crippen LogP contribution in [-0.4, -0.2) is 70.5 Å².